The molecule has 2 rings (SSSR count). The highest BCUT2D eigenvalue weighted by Crippen LogP contribution is 2.27. The molecule has 0 radical (unpaired) electrons. The smallest absolute Gasteiger partial charge is 0.254 e. The summed E-state index contributed by atoms with van der Waals surface area (Å²) in [5, 5.41) is 10.5. The number of nitrogens with one attached hydrogen (secondary N) is 1. The topological polar surface area (TPSA) is 54.9 Å². The summed E-state index contributed by atoms with van der Waals surface area (Å²) < 4.78 is 0. The monoisotopic (exact) mass is 301 g/mol. The maximum atomic E-state index is 12.1. The standard InChI is InChI=1S/C13H17Cl2N3O/c1-2-8-3-5-9(6-4-8)16-13(19)10-7-11(14)17-18-12(10)15/h7-9H,2-6H2,1H3,(H,16,19). The van der Waals surface area contributed by atoms with Gasteiger partial charge in [-0.15, -0.1) is 10.2 Å². The Morgan fingerprint density at radius 2 is 2.00 bits per heavy atom. The van der Waals surface area contributed by atoms with Gasteiger partial charge < -0.3 is 5.32 Å². The number of hydrogen-bond donors (Lipinski definition) is 1. The Morgan fingerprint density at radius 3 is 2.63 bits per heavy atom. The fourth-order valence-electron chi connectivity index (χ4n) is 2.49. The van der Waals surface area contributed by atoms with Gasteiger partial charge in [0, 0.05) is 6.04 Å². The van der Waals surface area contributed by atoms with Crippen LogP contribution in [0.5, 0.6) is 0 Å². The Morgan fingerprint density at radius 1 is 1.32 bits per heavy atom. The van der Waals surface area contributed by atoms with E-state index in [0.29, 0.717) is 5.56 Å². The highest BCUT2D eigenvalue weighted by molar-refractivity contribution is 6.34. The Balaban J connectivity index is 1.96. The molecule has 1 heterocycles. The van der Waals surface area contributed by atoms with Gasteiger partial charge in [-0.25, -0.2) is 0 Å². The second kappa shape index (κ2) is 6.53. The van der Waals surface area contributed by atoms with E-state index in [4.69, 9.17) is 23.2 Å². The van der Waals surface area contributed by atoms with E-state index in [9.17, 15) is 4.79 Å². The lowest BCUT2D eigenvalue weighted by molar-refractivity contribution is 0.0921. The molecule has 0 unspecified atom stereocenters. The van der Waals surface area contributed by atoms with Crippen molar-refractivity contribution in [3.63, 3.8) is 0 Å². The lowest BCUT2D eigenvalue weighted by Gasteiger charge is -2.28. The van der Waals surface area contributed by atoms with Gasteiger partial charge in [-0.1, -0.05) is 36.5 Å². The molecule has 0 spiro atoms. The molecule has 1 aromatic heterocycles. The molecule has 1 N–H and O–H groups in total. The van der Waals surface area contributed by atoms with E-state index in [1.165, 1.54) is 25.3 Å². The van der Waals surface area contributed by atoms with E-state index in [0.717, 1.165) is 18.8 Å². The van der Waals surface area contributed by atoms with Crippen LogP contribution in [0, 0.1) is 5.92 Å². The fraction of sp³-hybridized carbons (Fsp3) is 0.615. The van der Waals surface area contributed by atoms with Gasteiger partial charge in [0.25, 0.3) is 5.91 Å². The minimum Gasteiger partial charge on any atom is -0.349 e. The van der Waals surface area contributed by atoms with E-state index in [2.05, 4.69) is 22.4 Å². The van der Waals surface area contributed by atoms with Gasteiger partial charge in [-0.2, -0.15) is 0 Å². The van der Waals surface area contributed by atoms with Crippen molar-refractivity contribution in [2.75, 3.05) is 0 Å². The second-order valence-corrected chi connectivity index (χ2v) is 5.72. The SMILES string of the molecule is CCC1CCC(NC(=O)c2cc(Cl)nnc2Cl)CC1. The van der Waals surface area contributed by atoms with E-state index in [-0.39, 0.29) is 22.3 Å². The number of rotatable bonds is 3. The van der Waals surface area contributed by atoms with Crippen LogP contribution >= 0.6 is 23.2 Å². The third-order valence-corrected chi connectivity index (χ3v) is 4.19. The van der Waals surface area contributed by atoms with Crippen LogP contribution in [-0.2, 0) is 0 Å². The zero-order valence-corrected chi connectivity index (χ0v) is 12.3. The van der Waals surface area contributed by atoms with Crippen LogP contribution in [0.25, 0.3) is 0 Å². The number of hydrogen-bond acceptors (Lipinski definition) is 3. The summed E-state index contributed by atoms with van der Waals surface area (Å²) in [5.41, 5.74) is 0.291. The molecule has 1 saturated carbocycles. The molecule has 1 aliphatic carbocycles. The number of carbonyl (C=O) groups is 1. The molecule has 4 nitrogen and oxygen atoms in total. The van der Waals surface area contributed by atoms with Gasteiger partial charge in [-0.3, -0.25) is 4.79 Å². The average Bonchev–Trinajstić information content (AvgIpc) is 2.42. The van der Waals surface area contributed by atoms with Crippen molar-refractivity contribution < 1.29 is 4.79 Å². The highest BCUT2D eigenvalue weighted by atomic mass is 35.5. The maximum Gasteiger partial charge on any atom is 0.254 e. The first-order chi connectivity index (χ1) is 9.10. The minimum atomic E-state index is -0.221. The molecule has 104 valence electrons. The van der Waals surface area contributed by atoms with Gasteiger partial charge >= 0.3 is 0 Å². The van der Waals surface area contributed by atoms with Crippen molar-refractivity contribution in [1.82, 2.24) is 15.5 Å². The number of aromatic nitrogens is 2. The summed E-state index contributed by atoms with van der Waals surface area (Å²) in [6.07, 6.45) is 5.60. The minimum absolute atomic E-state index is 0.0872. The number of amides is 1. The first kappa shape index (κ1) is 14.5. The van der Waals surface area contributed by atoms with Crippen molar-refractivity contribution in [2.24, 2.45) is 5.92 Å². The van der Waals surface area contributed by atoms with E-state index in [1.807, 2.05) is 0 Å². The number of halogens is 2. The zero-order valence-electron chi connectivity index (χ0n) is 10.8. The third-order valence-electron chi connectivity index (χ3n) is 3.72. The van der Waals surface area contributed by atoms with Crippen LogP contribution in [0.1, 0.15) is 49.4 Å². The fourth-order valence-corrected chi connectivity index (χ4v) is 2.82. The normalized spacial score (nSPS) is 23.1. The van der Waals surface area contributed by atoms with Crippen LogP contribution in [-0.4, -0.2) is 22.1 Å². The molecule has 1 fully saturated rings. The van der Waals surface area contributed by atoms with E-state index in [1.54, 1.807) is 0 Å². The summed E-state index contributed by atoms with van der Waals surface area (Å²) in [6, 6.07) is 1.67. The van der Waals surface area contributed by atoms with E-state index >= 15 is 0 Å². The summed E-state index contributed by atoms with van der Waals surface area (Å²) in [7, 11) is 0. The second-order valence-electron chi connectivity index (χ2n) is 4.97. The van der Waals surface area contributed by atoms with Crippen molar-refractivity contribution in [2.45, 2.75) is 45.1 Å². The molecular weight excluding hydrogens is 285 g/mol. The molecular formula is C13H17Cl2N3O. The summed E-state index contributed by atoms with van der Waals surface area (Å²) in [4.78, 5) is 12.1. The van der Waals surface area contributed by atoms with Crippen molar-refractivity contribution in [3.8, 4) is 0 Å². The largest absolute Gasteiger partial charge is 0.349 e. The first-order valence-electron chi connectivity index (χ1n) is 6.59. The lowest BCUT2D eigenvalue weighted by Crippen LogP contribution is -2.37. The van der Waals surface area contributed by atoms with Gasteiger partial charge in [-0.05, 0) is 37.7 Å². The molecule has 0 aromatic carbocycles. The van der Waals surface area contributed by atoms with Crippen molar-refractivity contribution in [3.05, 3.63) is 21.9 Å². The zero-order chi connectivity index (χ0) is 13.8. The van der Waals surface area contributed by atoms with Crippen LogP contribution < -0.4 is 5.32 Å². The Kier molecular flexibility index (Phi) is 4.99. The van der Waals surface area contributed by atoms with Crippen molar-refractivity contribution in [1.29, 1.82) is 0 Å². The molecule has 1 aromatic rings. The summed E-state index contributed by atoms with van der Waals surface area (Å²) in [6.45, 7) is 2.22. The van der Waals surface area contributed by atoms with Crippen LogP contribution in [0.4, 0.5) is 0 Å². The first-order valence-corrected chi connectivity index (χ1v) is 7.35. The highest BCUT2D eigenvalue weighted by Gasteiger charge is 2.23. The van der Waals surface area contributed by atoms with Crippen LogP contribution in [0.3, 0.4) is 0 Å². The average molecular weight is 302 g/mol. The summed E-state index contributed by atoms with van der Waals surface area (Å²) in [5.74, 6) is 0.579. The Bertz CT molecular complexity index is 459. The summed E-state index contributed by atoms with van der Waals surface area (Å²) >= 11 is 11.6. The Hall–Kier alpha value is -0.870. The van der Waals surface area contributed by atoms with Crippen LogP contribution in [0.2, 0.25) is 10.3 Å². The molecule has 0 bridgehead atoms. The number of carbonyl (C=O) groups excluding carboxylic acids is 1. The maximum absolute atomic E-state index is 12.1. The molecule has 0 atom stereocenters. The predicted molar refractivity (Wildman–Crippen MR) is 75.6 cm³/mol. The van der Waals surface area contributed by atoms with Gasteiger partial charge in [0.05, 0.1) is 5.56 Å². The van der Waals surface area contributed by atoms with Gasteiger partial charge in [0.2, 0.25) is 0 Å². The van der Waals surface area contributed by atoms with Crippen LogP contribution in [0.15, 0.2) is 6.07 Å². The predicted octanol–water partition coefficient (Wildman–Crippen LogP) is 3.48. The lowest BCUT2D eigenvalue weighted by atomic mass is 9.84. The molecule has 1 aliphatic rings. The van der Waals surface area contributed by atoms with Gasteiger partial charge in [0.15, 0.2) is 10.3 Å². The Labute approximate surface area is 122 Å². The molecule has 19 heavy (non-hydrogen) atoms. The molecule has 1 amide bonds. The quantitative estimate of drug-likeness (QED) is 0.930. The van der Waals surface area contributed by atoms with Gasteiger partial charge in [0.1, 0.15) is 0 Å². The third kappa shape index (κ3) is 3.80. The molecule has 6 heteroatoms. The molecule has 0 saturated heterocycles. The number of nitrogens with zero attached hydrogens (tertiary/aromatic N) is 2. The molecule has 0 aliphatic heterocycles. The van der Waals surface area contributed by atoms with E-state index < -0.39 is 0 Å². The van der Waals surface area contributed by atoms with Crippen molar-refractivity contribution >= 4 is 29.1 Å².